The van der Waals surface area contributed by atoms with Crippen LogP contribution in [0.25, 0.3) is 0 Å². The summed E-state index contributed by atoms with van der Waals surface area (Å²) in [5.41, 5.74) is 6.48. The number of benzene rings is 2. The van der Waals surface area contributed by atoms with Crippen LogP contribution in [0.1, 0.15) is 15.9 Å². The highest BCUT2D eigenvalue weighted by atomic mass is 19.1. The van der Waals surface area contributed by atoms with Crippen LogP contribution in [0.5, 0.6) is 0 Å². The minimum absolute atomic E-state index is 0.0608. The Morgan fingerprint density at radius 2 is 1.90 bits per heavy atom. The lowest BCUT2D eigenvalue weighted by atomic mass is 10.1. The molecule has 0 aliphatic rings. The molecule has 0 fully saturated rings. The zero-order chi connectivity index (χ0) is 14.9. The minimum Gasteiger partial charge on any atom is -0.478 e. The van der Waals surface area contributed by atoms with Crippen LogP contribution >= 0.6 is 0 Å². The van der Waals surface area contributed by atoms with Gasteiger partial charge in [-0.3, -0.25) is 0 Å². The van der Waals surface area contributed by atoms with Gasteiger partial charge in [-0.2, -0.15) is 0 Å². The Hall–Kier alpha value is -2.63. The van der Waals surface area contributed by atoms with Crippen molar-refractivity contribution in [2.75, 3.05) is 11.1 Å². The highest BCUT2D eigenvalue weighted by Crippen LogP contribution is 2.27. The van der Waals surface area contributed by atoms with Crippen molar-refractivity contribution in [1.82, 2.24) is 0 Å². The predicted molar refractivity (Wildman–Crippen MR) is 72.2 cm³/mol. The maximum atomic E-state index is 13.6. The molecule has 0 heterocycles. The zero-order valence-corrected chi connectivity index (χ0v) is 10.6. The maximum Gasteiger partial charge on any atom is 0.338 e. The van der Waals surface area contributed by atoms with Crippen LogP contribution in [0.3, 0.4) is 0 Å². The first-order chi connectivity index (χ1) is 9.36. The van der Waals surface area contributed by atoms with E-state index in [1.165, 1.54) is 12.1 Å². The fourth-order valence-electron chi connectivity index (χ4n) is 1.83. The molecule has 0 unspecified atom stereocenters. The second-order valence-electron chi connectivity index (χ2n) is 4.37. The monoisotopic (exact) mass is 278 g/mol. The van der Waals surface area contributed by atoms with E-state index in [0.717, 1.165) is 12.1 Å². The molecular weight excluding hydrogens is 266 g/mol. The first-order valence-corrected chi connectivity index (χ1v) is 5.73. The average molecular weight is 278 g/mol. The summed E-state index contributed by atoms with van der Waals surface area (Å²) in [6.07, 6.45) is 0. The van der Waals surface area contributed by atoms with Gasteiger partial charge in [-0.25, -0.2) is 13.6 Å². The van der Waals surface area contributed by atoms with Crippen molar-refractivity contribution in [3.05, 3.63) is 53.1 Å². The molecule has 0 spiro atoms. The van der Waals surface area contributed by atoms with Gasteiger partial charge >= 0.3 is 5.97 Å². The molecule has 0 amide bonds. The maximum absolute atomic E-state index is 13.6. The number of carboxylic acid groups (broad SMARTS) is 1. The van der Waals surface area contributed by atoms with Crippen LogP contribution in [-0.4, -0.2) is 11.1 Å². The van der Waals surface area contributed by atoms with Gasteiger partial charge in [0.05, 0.1) is 16.9 Å². The Morgan fingerprint density at radius 3 is 2.50 bits per heavy atom. The molecule has 0 saturated heterocycles. The van der Waals surface area contributed by atoms with Crippen molar-refractivity contribution >= 4 is 23.0 Å². The largest absolute Gasteiger partial charge is 0.478 e. The van der Waals surface area contributed by atoms with E-state index in [4.69, 9.17) is 10.8 Å². The van der Waals surface area contributed by atoms with Crippen LogP contribution < -0.4 is 11.1 Å². The van der Waals surface area contributed by atoms with Crippen molar-refractivity contribution in [2.45, 2.75) is 6.92 Å². The van der Waals surface area contributed by atoms with E-state index in [1.807, 2.05) is 0 Å². The summed E-state index contributed by atoms with van der Waals surface area (Å²) in [5.74, 6) is -2.75. The van der Waals surface area contributed by atoms with Crippen molar-refractivity contribution in [2.24, 2.45) is 0 Å². The van der Waals surface area contributed by atoms with Gasteiger partial charge in [-0.15, -0.1) is 0 Å². The smallest absolute Gasteiger partial charge is 0.338 e. The van der Waals surface area contributed by atoms with Gasteiger partial charge < -0.3 is 16.2 Å². The summed E-state index contributed by atoms with van der Waals surface area (Å²) in [6, 6.07) is 6.23. The van der Waals surface area contributed by atoms with Crippen LogP contribution in [0.15, 0.2) is 30.3 Å². The summed E-state index contributed by atoms with van der Waals surface area (Å²) >= 11 is 0. The van der Waals surface area contributed by atoms with Crippen LogP contribution in [0, 0.1) is 18.6 Å². The number of aromatic carboxylic acids is 1. The lowest BCUT2D eigenvalue weighted by molar-refractivity contribution is 0.0692. The van der Waals surface area contributed by atoms with Crippen molar-refractivity contribution in [1.29, 1.82) is 0 Å². The second kappa shape index (κ2) is 5.16. The summed E-state index contributed by atoms with van der Waals surface area (Å²) < 4.78 is 26.8. The number of rotatable bonds is 3. The molecule has 0 aromatic heterocycles. The third-order valence-corrected chi connectivity index (χ3v) is 2.69. The van der Waals surface area contributed by atoms with Gasteiger partial charge in [0.25, 0.3) is 0 Å². The molecule has 4 nitrogen and oxygen atoms in total. The second-order valence-corrected chi connectivity index (χ2v) is 4.37. The molecule has 2 rings (SSSR count). The van der Waals surface area contributed by atoms with E-state index in [9.17, 15) is 13.6 Å². The highest BCUT2D eigenvalue weighted by molar-refractivity contribution is 5.91. The van der Waals surface area contributed by atoms with Gasteiger partial charge in [0, 0.05) is 11.8 Å². The third-order valence-electron chi connectivity index (χ3n) is 2.69. The van der Waals surface area contributed by atoms with Gasteiger partial charge in [0.15, 0.2) is 0 Å². The number of aryl methyl sites for hydroxylation is 1. The quantitative estimate of drug-likeness (QED) is 0.753. The number of carboxylic acids is 1. The SMILES string of the molecule is Cc1cc(F)cc(Nc2cc(F)c(C(=O)O)cc2N)c1. The minimum atomic E-state index is -1.40. The van der Waals surface area contributed by atoms with Crippen molar-refractivity contribution < 1.29 is 18.7 Å². The van der Waals surface area contributed by atoms with Gasteiger partial charge in [0.1, 0.15) is 11.6 Å². The van der Waals surface area contributed by atoms with E-state index in [0.29, 0.717) is 11.3 Å². The van der Waals surface area contributed by atoms with Crippen molar-refractivity contribution in [3.8, 4) is 0 Å². The summed E-state index contributed by atoms with van der Waals surface area (Å²) in [4.78, 5) is 10.8. The normalized spacial score (nSPS) is 10.3. The molecule has 4 N–H and O–H groups in total. The van der Waals surface area contributed by atoms with Gasteiger partial charge in [-0.1, -0.05) is 0 Å². The number of nitrogens with one attached hydrogen (secondary N) is 1. The van der Waals surface area contributed by atoms with Crippen LogP contribution in [-0.2, 0) is 0 Å². The molecule has 2 aromatic rings. The van der Waals surface area contributed by atoms with E-state index in [2.05, 4.69) is 5.32 Å². The fraction of sp³-hybridized carbons (Fsp3) is 0.0714. The van der Waals surface area contributed by atoms with Gasteiger partial charge in [0.2, 0.25) is 0 Å². The highest BCUT2D eigenvalue weighted by Gasteiger charge is 2.14. The fourth-order valence-corrected chi connectivity index (χ4v) is 1.83. The number of nitrogens with two attached hydrogens (primary N) is 1. The summed E-state index contributed by atoms with van der Waals surface area (Å²) in [6.45, 7) is 1.71. The Kier molecular flexibility index (Phi) is 3.56. The number of anilines is 3. The molecule has 104 valence electrons. The number of hydrogen-bond acceptors (Lipinski definition) is 3. The Morgan fingerprint density at radius 1 is 1.20 bits per heavy atom. The van der Waals surface area contributed by atoms with Crippen LogP contribution in [0.4, 0.5) is 25.8 Å². The molecule has 6 heteroatoms. The topological polar surface area (TPSA) is 75.3 Å². The molecule has 0 atom stereocenters. The number of carbonyl (C=O) groups is 1. The molecule has 2 aromatic carbocycles. The molecule has 0 bridgehead atoms. The third kappa shape index (κ3) is 2.85. The summed E-state index contributed by atoms with van der Waals surface area (Å²) in [5, 5.41) is 11.5. The lowest BCUT2D eigenvalue weighted by Gasteiger charge is -2.11. The first-order valence-electron chi connectivity index (χ1n) is 5.73. The Balaban J connectivity index is 2.39. The molecular formula is C14H12F2N2O2. The van der Waals surface area contributed by atoms with Crippen LogP contribution in [0.2, 0.25) is 0 Å². The van der Waals surface area contributed by atoms with Gasteiger partial charge in [-0.05, 0) is 36.8 Å². The predicted octanol–water partition coefficient (Wildman–Crippen LogP) is 3.30. The summed E-state index contributed by atoms with van der Waals surface area (Å²) in [7, 11) is 0. The molecule has 0 aliphatic heterocycles. The molecule has 0 saturated carbocycles. The molecule has 0 aliphatic carbocycles. The van der Waals surface area contributed by atoms with E-state index in [-0.39, 0.29) is 11.4 Å². The number of halogens is 2. The molecule has 0 radical (unpaired) electrons. The molecule has 20 heavy (non-hydrogen) atoms. The lowest BCUT2D eigenvalue weighted by Crippen LogP contribution is -2.05. The Bertz CT molecular complexity index is 667. The zero-order valence-electron chi connectivity index (χ0n) is 10.6. The van der Waals surface area contributed by atoms with E-state index in [1.54, 1.807) is 13.0 Å². The van der Waals surface area contributed by atoms with Crippen molar-refractivity contribution in [3.63, 3.8) is 0 Å². The number of hydrogen-bond donors (Lipinski definition) is 3. The van der Waals surface area contributed by atoms with E-state index >= 15 is 0 Å². The first kappa shape index (κ1) is 13.8. The number of nitrogen functional groups attached to an aromatic ring is 1. The van der Waals surface area contributed by atoms with E-state index < -0.39 is 23.2 Å². The Labute approximate surface area is 113 Å². The standard InChI is InChI=1S/C14H12F2N2O2/c1-7-2-8(15)4-9(3-7)18-13-6-11(16)10(14(19)20)5-12(13)17/h2-6,18H,17H2,1H3,(H,19,20). The average Bonchev–Trinajstić information content (AvgIpc) is 2.31.